The molecule has 0 bridgehead atoms. The molecule has 1 fully saturated rings. The van der Waals surface area contributed by atoms with Gasteiger partial charge in [-0.05, 0) is 56.5 Å². The van der Waals surface area contributed by atoms with Crippen molar-refractivity contribution in [1.82, 2.24) is 25.6 Å². The molecule has 3 heterocycles. The van der Waals surface area contributed by atoms with Crippen LogP contribution in [0, 0.1) is 0 Å². The second-order valence-corrected chi connectivity index (χ2v) is 10.4. The molecule has 1 aliphatic rings. The number of amides is 1. The lowest BCUT2D eigenvalue weighted by Gasteiger charge is -2.28. The summed E-state index contributed by atoms with van der Waals surface area (Å²) in [6, 6.07) is 17.2. The number of halogens is 3. The van der Waals surface area contributed by atoms with E-state index in [4.69, 9.17) is 14.7 Å². The van der Waals surface area contributed by atoms with Gasteiger partial charge in [-0.3, -0.25) is 4.79 Å². The number of ether oxygens (including phenoxy) is 1. The van der Waals surface area contributed by atoms with Crippen molar-refractivity contribution in [3.8, 4) is 11.4 Å². The van der Waals surface area contributed by atoms with E-state index in [0.717, 1.165) is 48.6 Å². The SMILES string of the molecule is CC(=O)NCCNc1nc(-c2ccccc2)nc2[nH]c(C(CCc3ccccc3C(F)(F)F)OC3CCNCC3)cc12. The molecule has 11 heteroatoms. The van der Waals surface area contributed by atoms with Gasteiger partial charge in [-0.15, -0.1) is 0 Å². The number of aromatic nitrogens is 3. The normalized spacial score (nSPS) is 15.0. The van der Waals surface area contributed by atoms with Gasteiger partial charge in [-0.1, -0.05) is 48.5 Å². The molecule has 1 aliphatic heterocycles. The first kappa shape index (κ1) is 29.5. The molecule has 2 aromatic heterocycles. The first-order valence-corrected chi connectivity index (χ1v) is 14.2. The molecule has 4 aromatic rings. The first-order chi connectivity index (χ1) is 20.3. The van der Waals surface area contributed by atoms with Crippen molar-refractivity contribution in [3.63, 3.8) is 0 Å². The molecule has 222 valence electrons. The van der Waals surface area contributed by atoms with Crippen molar-refractivity contribution in [3.05, 3.63) is 77.5 Å². The molecule has 0 saturated carbocycles. The Labute approximate surface area is 242 Å². The summed E-state index contributed by atoms with van der Waals surface area (Å²) in [7, 11) is 0. The topological polar surface area (TPSA) is 104 Å². The number of aryl methyl sites for hydroxylation is 1. The summed E-state index contributed by atoms with van der Waals surface area (Å²) in [5, 5.41) is 10.1. The third kappa shape index (κ3) is 7.46. The molecule has 8 nitrogen and oxygen atoms in total. The number of hydrogen-bond acceptors (Lipinski definition) is 6. The number of alkyl halides is 3. The number of nitrogens with one attached hydrogen (secondary N) is 4. The van der Waals surface area contributed by atoms with E-state index in [2.05, 4.69) is 20.9 Å². The van der Waals surface area contributed by atoms with E-state index in [1.807, 2.05) is 36.4 Å². The highest BCUT2D eigenvalue weighted by Crippen LogP contribution is 2.35. The largest absolute Gasteiger partial charge is 0.416 e. The molecular weight excluding hydrogens is 545 g/mol. The number of rotatable bonds is 11. The molecular formula is C31H35F3N6O2. The zero-order chi connectivity index (χ0) is 29.5. The maximum absolute atomic E-state index is 13.7. The highest BCUT2D eigenvalue weighted by Gasteiger charge is 2.33. The number of piperidine rings is 1. The maximum atomic E-state index is 13.7. The fourth-order valence-corrected chi connectivity index (χ4v) is 5.24. The van der Waals surface area contributed by atoms with Gasteiger partial charge in [0.15, 0.2) is 5.82 Å². The minimum absolute atomic E-state index is 0.0123. The van der Waals surface area contributed by atoms with Crippen LogP contribution in [0.5, 0.6) is 0 Å². The highest BCUT2D eigenvalue weighted by molar-refractivity contribution is 5.89. The standard InChI is InChI=1S/C31H35F3N6O2/c1-20(41)36-17-18-37-29-24-19-26(38-30(24)40-28(39-29)22-8-3-2-4-9-22)27(42-23-13-15-35-16-14-23)12-11-21-7-5-6-10-25(21)31(32,33)34/h2-10,19,23,27,35H,11-18H2,1H3,(H,36,41)(H2,37,38,39,40). The van der Waals surface area contributed by atoms with Gasteiger partial charge in [0.2, 0.25) is 5.91 Å². The van der Waals surface area contributed by atoms with E-state index in [1.165, 1.54) is 19.1 Å². The molecule has 4 N–H and O–H groups in total. The third-order valence-electron chi connectivity index (χ3n) is 7.32. The van der Waals surface area contributed by atoms with Crippen LogP contribution in [0.4, 0.5) is 19.0 Å². The quantitative estimate of drug-likeness (QED) is 0.171. The van der Waals surface area contributed by atoms with Gasteiger partial charge in [0.25, 0.3) is 0 Å². The van der Waals surface area contributed by atoms with Gasteiger partial charge < -0.3 is 25.7 Å². The van der Waals surface area contributed by atoms with E-state index in [0.29, 0.717) is 36.8 Å². The Hall–Kier alpha value is -3.96. The van der Waals surface area contributed by atoms with Crippen LogP contribution in [0.2, 0.25) is 0 Å². The average Bonchev–Trinajstić information content (AvgIpc) is 3.42. The average molecular weight is 581 g/mol. The zero-order valence-corrected chi connectivity index (χ0v) is 23.4. The lowest BCUT2D eigenvalue weighted by molar-refractivity contribution is -0.138. The van der Waals surface area contributed by atoms with Gasteiger partial charge in [0, 0.05) is 31.3 Å². The van der Waals surface area contributed by atoms with Gasteiger partial charge in [-0.25, -0.2) is 9.97 Å². The summed E-state index contributed by atoms with van der Waals surface area (Å²) < 4.78 is 47.7. The summed E-state index contributed by atoms with van der Waals surface area (Å²) >= 11 is 0. The van der Waals surface area contributed by atoms with E-state index >= 15 is 0 Å². The fraction of sp³-hybridized carbons (Fsp3) is 0.387. The number of hydrogen-bond donors (Lipinski definition) is 4. The van der Waals surface area contributed by atoms with Crippen LogP contribution >= 0.6 is 0 Å². The number of benzene rings is 2. The van der Waals surface area contributed by atoms with E-state index < -0.39 is 17.8 Å². The van der Waals surface area contributed by atoms with Crippen molar-refractivity contribution in [1.29, 1.82) is 0 Å². The fourth-order valence-electron chi connectivity index (χ4n) is 5.24. The molecule has 0 spiro atoms. The van der Waals surface area contributed by atoms with Crippen LogP contribution in [-0.4, -0.2) is 53.1 Å². The van der Waals surface area contributed by atoms with Crippen molar-refractivity contribution >= 4 is 22.8 Å². The van der Waals surface area contributed by atoms with E-state index in [1.54, 1.807) is 6.07 Å². The number of nitrogens with zero attached hydrogens (tertiary/aromatic N) is 2. The van der Waals surface area contributed by atoms with Crippen LogP contribution in [0.15, 0.2) is 60.7 Å². The predicted octanol–water partition coefficient (Wildman–Crippen LogP) is 5.63. The summed E-state index contributed by atoms with van der Waals surface area (Å²) in [6.45, 7) is 3.98. The number of carbonyl (C=O) groups is 1. The van der Waals surface area contributed by atoms with Gasteiger partial charge in [-0.2, -0.15) is 13.2 Å². The Kier molecular flexibility index (Phi) is 9.38. The second-order valence-electron chi connectivity index (χ2n) is 10.4. The Morgan fingerprint density at radius 1 is 1.05 bits per heavy atom. The minimum atomic E-state index is -4.43. The first-order valence-electron chi connectivity index (χ1n) is 14.2. The molecule has 5 rings (SSSR count). The number of carbonyl (C=O) groups excluding carboxylic acids is 1. The van der Waals surface area contributed by atoms with Crippen LogP contribution in [0.25, 0.3) is 22.4 Å². The summed E-state index contributed by atoms with van der Waals surface area (Å²) in [4.78, 5) is 24.3. The maximum Gasteiger partial charge on any atom is 0.416 e. The zero-order valence-electron chi connectivity index (χ0n) is 23.4. The number of H-pyrrole nitrogens is 1. The Morgan fingerprint density at radius 3 is 2.52 bits per heavy atom. The van der Waals surface area contributed by atoms with Crippen LogP contribution in [0.1, 0.15) is 49.1 Å². The molecule has 1 saturated heterocycles. The van der Waals surface area contributed by atoms with Gasteiger partial charge >= 0.3 is 6.18 Å². The minimum Gasteiger partial charge on any atom is -0.369 e. The number of aromatic amines is 1. The Balaban J connectivity index is 1.48. The summed E-state index contributed by atoms with van der Waals surface area (Å²) in [6.07, 6.45) is -2.71. The van der Waals surface area contributed by atoms with E-state index in [9.17, 15) is 18.0 Å². The smallest absolute Gasteiger partial charge is 0.369 e. The van der Waals surface area contributed by atoms with Crippen molar-refractivity contribution in [2.24, 2.45) is 0 Å². The lowest BCUT2D eigenvalue weighted by Crippen LogP contribution is -2.33. The Bertz CT molecular complexity index is 1490. The van der Waals surface area contributed by atoms with Crippen LogP contribution < -0.4 is 16.0 Å². The van der Waals surface area contributed by atoms with Crippen molar-refractivity contribution in [2.75, 3.05) is 31.5 Å². The number of fused-ring (bicyclic) bond motifs is 1. The molecule has 1 unspecified atom stereocenters. The second kappa shape index (κ2) is 13.3. The van der Waals surface area contributed by atoms with Gasteiger partial charge in [0.1, 0.15) is 11.5 Å². The molecule has 42 heavy (non-hydrogen) atoms. The van der Waals surface area contributed by atoms with Crippen molar-refractivity contribution < 1.29 is 22.7 Å². The summed E-state index contributed by atoms with van der Waals surface area (Å²) in [5.41, 5.74) is 1.79. The van der Waals surface area contributed by atoms with Crippen LogP contribution in [0.3, 0.4) is 0 Å². The molecule has 2 aromatic carbocycles. The highest BCUT2D eigenvalue weighted by atomic mass is 19.4. The van der Waals surface area contributed by atoms with E-state index in [-0.39, 0.29) is 24.0 Å². The van der Waals surface area contributed by atoms with Gasteiger partial charge in [0.05, 0.1) is 23.2 Å². The molecule has 1 atom stereocenters. The monoisotopic (exact) mass is 580 g/mol. The third-order valence-corrected chi connectivity index (χ3v) is 7.32. The predicted molar refractivity (Wildman–Crippen MR) is 156 cm³/mol. The lowest BCUT2D eigenvalue weighted by atomic mass is 9.99. The summed E-state index contributed by atoms with van der Waals surface area (Å²) in [5.74, 6) is 0.992. The van der Waals surface area contributed by atoms with Crippen LogP contribution in [-0.2, 0) is 22.1 Å². The number of anilines is 1. The molecule has 0 radical (unpaired) electrons. The Morgan fingerprint density at radius 2 is 1.79 bits per heavy atom. The van der Waals surface area contributed by atoms with Crippen molar-refractivity contribution in [2.45, 2.75) is 51.0 Å². The molecule has 0 aliphatic carbocycles. The molecule has 1 amide bonds.